The van der Waals surface area contributed by atoms with E-state index in [1.807, 2.05) is 0 Å². The van der Waals surface area contributed by atoms with Gasteiger partial charge in [0.25, 0.3) is 0 Å². The van der Waals surface area contributed by atoms with Crippen molar-refractivity contribution in [2.45, 2.75) is 36.1 Å². The average molecular weight is 288 g/mol. The Bertz CT molecular complexity index is 568. The van der Waals surface area contributed by atoms with E-state index in [2.05, 4.69) is 6.58 Å². The molecule has 2 saturated heterocycles. The first-order valence-electron chi connectivity index (χ1n) is 5.75. The van der Waals surface area contributed by atoms with Crippen molar-refractivity contribution >= 4 is 21.7 Å². The number of carbonyl (C=O) groups excluding carboxylic acids is 1. The fourth-order valence-electron chi connectivity index (χ4n) is 2.85. The Labute approximate surface area is 111 Å². The molecular formula is C11H16N2O5S. The summed E-state index contributed by atoms with van der Waals surface area (Å²) in [4.78, 5) is 24.2. The minimum absolute atomic E-state index is 0.543. The molecule has 0 aromatic heterocycles. The molecule has 2 unspecified atom stereocenters. The zero-order chi connectivity index (χ0) is 14.7. The van der Waals surface area contributed by atoms with Crippen LogP contribution in [0.5, 0.6) is 0 Å². The second-order valence-electron chi connectivity index (χ2n) is 5.36. The second-order valence-corrected chi connectivity index (χ2v) is 7.99. The highest BCUT2D eigenvalue weighted by Gasteiger charge is 2.72. The molecule has 0 radical (unpaired) electrons. The summed E-state index contributed by atoms with van der Waals surface area (Å²) in [6.45, 7) is 6.09. The Balaban J connectivity index is 2.54. The van der Waals surface area contributed by atoms with Crippen LogP contribution < -0.4 is 5.73 Å². The summed E-state index contributed by atoms with van der Waals surface area (Å²) >= 11 is 0. The maximum Gasteiger partial charge on any atom is 0.328 e. The lowest BCUT2D eigenvalue weighted by atomic mass is 9.87. The van der Waals surface area contributed by atoms with E-state index in [0.717, 1.165) is 4.90 Å². The van der Waals surface area contributed by atoms with E-state index in [1.54, 1.807) is 0 Å². The van der Waals surface area contributed by atoms with Gasteiger partial charge in [-0.15, -0.1) is 6.58 Å². The maximum absolute atomic E-state index is 12.4. The lowest BCUT2D eigenvalue weighted by molar-refractivity contribution is -0.163. The number of amides is 1. The number of aliphatic carboxylic acids is 1. The smallest absolute Gasteiger partial charge is 0.328 e. The molecule has 4 atom stereocenters. The van der Waals surface area contributed by atoms with Crippen LogP contribution in [0, 0.1) is 5.92 Å². The van der Waals surface area contributed by atoms with Gasteiger partial charge in [0.1, 0.15) is 11.4 Å². The molecule has 2 fully saturated rings. The first kappa shape index (κ1) is 14.0. The van der Waals surface area contributed by atoms with Gasteiger partial charge in [-0.1, -0.05) is 6.08 Å². The highest BCUT2D eigenvalue weighted by atomic mass is 32.2. The van der Waals surface area contributed by atoms with E-state index in [1.165, 1.54) is 19.9 Å². The molecule has 2 aliphatic heterocycles. The first-order chi connectivity index (χ1) is 8.59. The molecule has 0 spiro atoms. The summed E-state index contributed by atoms with van der Waals surface area (Å²) in [7, 11) is -3.80. The van der Waals surface area contributed by atoms with E-state index < -0.39 is 49.8 Å². The van der Waals surface area contributed by atoms with E-state index in [-0.39, 0.29) is 0 Å². The van der Waals surface area contributed by atoms with Crippen LogP contribution in [0.15, 0.2) is 12.7 Å². The van der Waals surface area contributed by atoms with Crippen LogP contribution >= 0.6 is 0 Å². The number of carboxylic acids is 1. The minimum atomic E-state index is -3.80. The molecule has 0 aromatic carbocycles. The number of fused-ring (bicyclic) bond motifs is 1. The van der Waals surface area contributed by atoms with Crippen molar-refractivity contribution in [1.29, 1.82) is 0 Å². The molecule has 7 nitrogen and oxygen atoms in total. The van der Waals surface area contributed by atoms with Crippen LogP contribution in [0.3, 0.4) is 0 Å². The fraction of sp³-hybridized carbons (Fsp3) is 0.636. The van der Waals surface area contributed by atoms with E-state index in [9.17, 15) is 23.1 Å². The van der Waals surface area contributed by atoms with Gasteiger partial charge in [-0.2, -0.15) is 0 Å². The molecule has 0 saturated carbocycles. The number of carboxylic acid groups (broad SMARTS) is 1. The van der Waals surface area contributed by atoms with Gasteiger partial charge in [0, 0.05) is 6.04 Å². The summed E-state index contributed by atoms with van der Waals surface area (Å²) in [6, 6.07) is -2.17. The van der Waals surface area contributed by atoms with Gasteiger partial charge in [-0.3, -0.25) is 4.79 Å². The number of hydrogen-bond acceptors (Lipinski definition) is 5. The molecule has 19 heavy (non-hydrogen) atoms. The van der Waals surface area contributed by atoms with Crippen molar-refractivity contribution < 1.29 is 23.1 Å². The molecule has 0 bridgehead atoms. The molecular weight excluding hydrogens is 272 g/mol. The van der Waals surface area contributed by atoms with Crippen molar-refractivity contribution in [3.05, 3.63) is 12.7 Å². The van der Waals surface area contributed by atoms with Crippen molar-refractivity contribution in [2.75, 3.05) is 0 Å². The Hall–Kier alpha value is -1.41. The zero-order valence-corrected chi connectivity index (χ0v) is 11.4. The maximum atomic E-state index is 12.4. The summed E-state index contributed by atoms with van der Waals surface area (Å²) in [5.41, 5.74) is 5.68. The van der Waals surface area contributed by atoms with Gasteiger partial charge >= 0.3 is 5.97 Å². The normalized spacial score (nSPS) is 36.3. The molecule has 106 valence electrons. The predicted molar refractivity (Wildman–Crippen MR) is 66.7 cm³/mol. The highest BCUT2D eigenvalue weighted by molar-refractivity contribution is 7.93. The number of nitrogens with two attached hydrogens (primary N) is 1. The molecule has 2 aliphatic rings. The summed E-state index contributed by atoms with van der Waals surface area (Å²) in [5.74, 6) is -2.81. The van der Waals surface area contributed by atoms with E-state index in [0.29, 0.717) is 0 Å². The van der Waals surface area contributed by atoms with E-state index in [4.69, 9.17) is 5.73 Å². The molecule has 1 amide bonds. The van der Waals surface area contributed by atoms with Crippen LogP contribution in [-0.4, -0.2) is 52.5 Å². The highest BCUT2D eigenvalue weighted by Crippen LogP contribution is 2.49. The quantitative estimate of drug-likeness (QED) is 0.505. The Morgan fingerprint density at radius 1 is 1.58 bits per heavy atom. The number of rotatable bonds is 3. The topological polar surface area (TPSA) is 118 Å². The van der Waals surface area contributed by atoms with Crippen LogP contribution in [-0.2, 0) is 19.4 Å². The number of carbonyl (C=O) groups is 2. The minimum Gasteiger partial charge on any atom is -0.480 e. The number of sulfone groups is 1. The van der Waals surface area contributed by atoms with Gasteiger partial charge in [0.2, 0.25) is 5.91 Å². The second kappa shape index (κ2) is 3.80. The standard InChI is InChI=1S/C11H16N2O5S/c1-4-5(12)6-8(14)13-7(10(15)16)11(2,3)19(17,18)9(6)13/h4-7,9H,1,12H2,2-3H3,(H,15,16)/t5?,6?,7-,9+/m0/s1. The SMILES string of the molecule is C=CC(N)C1C(=O)N2[C@@H](C(=O)O)C(C)(C)S(=O)(=O)[C@H]12. The van der Waals surface area contributed by atoms with Crippen LogP contribution in [0.4, 0.5) is 0 Å². The predicted octanol–water partition coefficient (Wildman–Crippen LogP) is -1.06. The van der Waals surface area contributed by atoms with Gasteiger partial charge in [0.05, 0.1) is 10.7 Å². The molecule has 2 rings (SSSR count). The third-order valence-electron chi connectivity index (χ3n) is 4.03. The fourth-order valence-corrected chi connectivity index (χ4v) is 5.20. The Morgan fingerprint density at radius 3 is 2.53 bits per heavy atom. The van der Waals surface area contributed by atoms with Crippen LogP contribution in [0.1, 0.15) is 13.8 Å². The third kappa shape index (κ3) is 1.44. The van der Waals surface area contributed by atoms with Gasteiger partial charge < -0.3 is 15.7 Å². The van der Waals surface area contributed by atoms with Gasteiger partial charge in [-0.25, -0.2) is 13.2 Å². The van der Waals surface area contributed by atoms with Crippen molar-refractivity contribution in [2.24, 2.45) is 11.7 Å². The van der Waals surface area contributed by atoms with Crippen LogP contribution in [0.2, 0.25) is 0 Å². The lowest BCUT2D eigenvalue weighted by Crippen LogP contribution is -2.67. The molecule has 0 aliphatic carbocycles. The summed E-state index contributed by atoms with van der Waals surface area (Å²) < 4.78 is 23.3. The molecule has 0 aromatic rings. The largest absolute Gasteiger partial charge is 0.480 e. The van der Waals surface area contributed by atoms with Crippen molar-refractivity contribution in [3.8, 4) is 0 Å². The number of β-lactam (4-membered cyclic amide) rings is 1. The zero-order valence-electron chi connectivity index (χ0n) is 10.6. The number of nitrogens with zero attached hydrogens (tertiary/aromatic N) is 1. The van der Waals surface area contributed by atoms with E-state index >= 15 is 0 Å². The third-order valence-corrected chi connectivity index (χ3v) is 6.88. The van der Waals surface area contributed by atoms with Crippen molar-refractivity contribution in [1.82, 2.24) is 4.90 Å². The molecule has 3 N–H and O–H groups in total. The van der Waals surface area contributed by atoms with Crippen molar-refractivity contribution in [3.63, 3.8) is 0 Å². The Kier molecular flexibility index (Phi) is 2.80. The van der Waals surface area contributed by atoms with Gasteiger partial charge in [-0.05, 0) is 13.8 Å². The summed E-state index contributed by atoms with van der Waals surface area (Å²) in [5, 5.41) is 8.03. The monoisotopic (exact) mass is 288 g/mol. The Morgan fingerprint density at radius 2 is 2.11 bits per heavy atom. The first-order valence-corrected chi connectivity index (χ1v) is 7.30. The van der Waals surface area contributed by atoms with Gasteiger partial charge in [0.15, 0.2) is 9.84 Å². The average Bonchev–Trinajstić information content (AvgIpc) is 2.43. The summed E-state index contributed by atoms with van der Waals surface area (Å²) in [6.07, 6.45) is 1.30. The molecule has 8 heteroatoms. The molecule has 2 heterocycles. The number of hydrogen-bond donors (Lipinski definition) is 2. The van der Waals surface area contributed by atoms with Crippen LogP contribution in [0.25, 0.3) is 0 Å². The lowest BCUT2D eigenvalue weighted by Gasteiger charge is -2.44.